The predicted octanol–water partition coefficient (Wildman–Crippen LogP) is 3.03. The van der Waals surface area contributed by atoms with Crippen molar-refractivity contribution < 1.29 is 9.15 Å². The maximum Gasteiger partial charge on any atom is 0.174 e. The van der Waals surface area contributed by atoms with Gasteiger partial charge in [-0.15, -0.1) is 0 Å². The molecule has 0 aliphatic carbocycles. The van der Waals surface area contributed by atoms with Gasteiger partial charge in [0.1, 0.15) is 17.6 Å². The third-order valence-corrected chi connectivity index (χ3v) is 2.83. The van der Waals surface area contributed by atoms with E-state index in [0.717, 1.165) is 17.1 Å². The lowest BCUT2D eigenvalue weighted by Gasteiger charge is -2.13. The van der Waals surface area contributed by atoms with E-state index in [1.807, 2.05) is 49.4 Å². The van der Waals surface area contributed by atoms with Crippen molar-refractivity contribution in [2.45, 2.75) is 19.5 Å². The van der Waals surface area contributed by atoms with Crippen molar-refractivity contribution in [2.24, 2.45) is 0 Å². The summed E-state index contributed by atoms with van der Waals surface area (Å²) in [7, 11) is 0. The van der Waals surface area contributed by atoms with Crippen LogP contribution in [-0.4, -0.2) is 6.61 Å². The molecule has 1 aromatic carbocycles. The van der Waals surface area contributed by atoms with Crippen LogP contribution in [0.15, 0.2) is 47.1 Å². The zero-order valence-corrected chi connectivity index (χ0v) is 10.8. The molecule has 0 spiro atoms. The van der Waals surface area contributed by atoms with Gasteiger partial charge in [-0.3, -0.25) is 0 Å². The Balaban J connectivity index is 1.97. The molecule has 0 amide bonds. The predicted molar refractivity (Wildman–Crippen MR) is 71.5 cm³/mol. The molecule has 0 fully saturated rings. The van der Waals surface area contributed by atoms with E-state index in [4.69, 9.17) is 14.4 Å². The molecule has 0 saturated heterocycles. The molecule has 0 aliphatic rings. The van der Waals surface area contributed by atoms with Crippen LogP contribution in [0.25, 0.3) is 0 Å². The molecule has 1 heterocycles. The van der Waals surface area contributed by atoms with E-state index in [2.05, 4.69) is 5.32 Å². The van der Waals surface area contributed by atoms with Crippen molar-refractivity contribution in [3.63, 3.8) is 0 Å². The van der Waals surface area contributed by atoms with Crippen LogP contribution < -0.4 is 10.1 Å². The quantitative estimate of drug-likeness (QED) is 0.863. The smallest absolute Gasteiger partial charge is 0.174 e. The lowest BCUT2D eigenvalue weighted by atomic mass is 10.2. The Bertz CT molecular complexity index is 544. The lowest BCUT2D eigenvalue weighted by Crippen LogP contribution is -2.18. The molecular weight excluding hydrogens is 240 g/mol. The van der Waals surface area contributed by atoms with E-state index >= 15 is 0 Å². The molecule has 4 nitrogen and oxygen atoms in total. The minimum atomic E-state index is 0.0603. The molecule has 0 bridgehead atoms. The Kier molecular flexibility index (Phi) is 4.60. The molecule has 2 aromatic rings. The second kappa shape index (κ2) is 6.62. The average Bonchev–Trinajstić information content (AvgIpc) is 2.97. The summed E-state index contributed by atoms with van der Waals surface area (Å²) in [6, 6.07) is 13.6. The van der Waals surface area contributed by atoms with Crippen LogP contribution in [0.2, 0.25) is 0 Å². The first kappa shape index (κ1) is 13.2. The van der Waals surface area contributed by atoms with Crippen LogP contribution in [0.5, 0.6) is 5.75 Å². The minimum absolute atomic E-state index is 0.0603. The number of rotatable bonds is 6. The maximum absolute atomic E-state index is 8.56. The summed E-state index contributed by atoms with van der Waals surface area (Å²) in [5.41, 5.74) is 1.02. The Morgan fingerprint density at radius 3 is 2.89 bits per heavy atom. The first-order chi connectivity index (χ1) is 9.31. The highest BCUT2D eigenvalue weighted by atomic mass is 16.5. The number of hydrogen-bond donors (Lipinski definition) is 1. The molecule has 0 radical (unpaired) electrons. The van der Waals surface area contributed by atoms with Crippen LogP contribution in [-0.2, 0) is 6.54 Å². The monoisotopic (exact) mass is 256 g/mol. The van der Waals surface area contributed by atoms with Gasteiger partial charge >= 0.3 is 0 Å². The second-order valence-corrected chi connectivity index (χ2v) is 4.17. The van der Waals surface area contributed by atoms with Crippen molar-refractivity contribution in [1.29, 1.82) is 5.26 Å². The van der Waals surface area contributed by atoms with Gasteiger partial charge in [-0.2, -0.15) is 5.26 Å². The Hall–Kier alpha value is -2.25. The highest BCUT2D eigenvalue weighted by molar-refractivity contribution is 5.33. The summed E-state index contributed by atoms with van der Waals surface area (Å²) in [5, 5.41) is 11.9. The number of nitrogens with one attached hydrogen (secondary N) is 1. The third-order valence-electron chi connectivity index (χ3n) is 2.83. The summed E-state index contributed by atoms with van der Waals surface area (Å²) in [6.07, 6.45) is 1.66. The SMILES string of the molecule is CC(NCc1ccccc1OCC#N)c1ccco1. The molecule has 98 valence electrons. The Labute approximate surface area is 112 Å². The number of ether oxygens (including phenoxy) is 1. The van der Waals surface area contributed by atoms with Crippen LogP contribution in [0, 0.1) is 11.3 Å². The fraction of sp³-hybridized carbons (Fsp3) is 0.267. The topological polar surface area (TPSA) is 58.2 Å². The number of furan rings is 1. The molecule has 19 heavy (non-hydrogen) atoms. The molecular formula is C15H16N2O2. The van der Waals surface area contributed by atoms with E-state index in [9.17, 15) is 0 Å². The van der Waals surface area contributed by atoms with E-state index in [1.165, 1.54) is 0 Å². The van der Waals surface area contributed by atoms with E-state index in [0.29, 0.717) is 6.54 Å². The van der Waals surface area contributed by atoms with Gasteiger partial charge in [0.2, 0.25) is 0 Å². The Morgan fingerprint density at radius 2 is 2.16 bits per heavy atom. The third kappa shape index (κ3) is 3.60. The van der Waals surface area contributed by atoms with Gasteiger partial charge in [-0.25, -0.2) is 0 Å². The molecule has 0 saturated carbocycles. The summed E-state index contributed by atoms with van der Waals surface area (Å²) in [6.45, 7) is 2.76. The minimum Gasteiger partial charge on any atom is -0.478 e. The van der Waals surface area contributed by atoms with Gasteiger partial charge < -0.3 is 14.5 Å². The van der Waals surface area contributed by atoms with Crippen molar-refractivity contribution in [2.75, 3.05) is 6.61 Å². The number of nitrogens with zero attached hydrogens (tertiary/aromatic N) is 1. The zero-order chi connectivity index (χ0) is 13.5. The number of benzene rings is 1. The van der Waals surface area contributed by atoms with Gasteiger partial charge in [0.15, 0.2) is 6.61 Å². The summed E-state index contributed by atoms with van der Waals surface area (Å²) < 4.78 is 10.7. The normalized spacial score (nSPS) is 11.8. The standard InChI is InChI=1S/C15H16N2O2/c1-12(14-7-4-9-18-14)17-11-13-5-2-3-6-15(13)19-10-8-16/h2-7,9,12,17H,10-11H2,1H3. The molecule has 2 rings (SSSR count). The lowest BCUT2D eigenvalue weighted by molar-refractivity contribution is 0.360. The first-order valence-electron chi connectivity index (χ1n) is 6.15. The molecule has 1 aromatic heterocycles. The molecule has 4 heteroatoms. The maximum atomic E-state index is 8.56. The van der Waals surface area contributed by atoms with Gasteiger partial charge in [0, 0.05) is 12.1 Å². The number of hydrogen-bond acceptors (Lipinski definition) is 4. The molecule has 1 unspecified atom stereocenters. The summed E-state index contributed by atoms with van der Waals surface area (Å²) in [5.74, 6) is 1.64. The highest BCUT2D eigenvalue weighted by Gasteiger charge is 2.09. The largest absolute Gasteiger partial charge is 0.478 e. The van der Waals surface area contributed by atoms with Gasteiger partial charge in [-0.05, 0) is 25.1 Å². The van der Waals surface area contributed by atoms with Gasteiger partial charge in [0.05, 0.1) is 12.3 Å². The van der Waals surface area contributed by atoms with E-state index in [1.54, 1.807) is 6.26 Å². The van der Waals surface area contributed by atoms with Crippen LogP contribution >= 0.6 is 0 Å². The highest BCUT2D eigenvalue weighted by Crippen LogP contribution is 2.19. The van der Waals surface area contributed by atoms with Crippen LogP contribution in [0.1, 0.15) is 24.3 Å². The van der Waals surface area contributed by atoms with Crippen molar-refractivity contribution in [1.82, 2.24) is 5.32 Å². The summed E-state index contributed by atoms with van der Waals surface area (Å²) in [4.78, 5) is 0. The van der Waals surface area contributed by atoms with Crippen molar-refractivity contribution >= 4 is 0 Å². The Morgan fingerprint density at radius 1 is 1.32 bits per heavy atom. The van der Waals surface area contributed by atoms with E-state index in [-0.39, 0.29) is 12.6 Å². The van der Waals surface area contributed by atoms with Crippen LogP contribution in [0.3, 0.4) is 0 Å². The van der Waals surface area contributed by atoms with Gasteiger partial charge in [-0.1, -0.05) is 18.2 Å². The summed E-state index contributed by atoms with van der Waals surface area (Å²) >= 11 is 0. The number of nitriles is 1. The fourth-order valence-electron chi connectivity index (χ4n) is 1.80. The van der Waals surface area contributed by atoms with Crippen molar-refractivity contribution in [3.05, 3.63) is 54.0 Å². The van der Waals surface area contributed by atoms with Crippen molar-refractivity contribution in [3.8, 4) is 11.8 Å². The molecule has 0 aliphatic heterocycles. The average molecular weight is 256 g/mol. The van der Waals surface area contributed by atoms with Crippen LogP contribution in [0.4, 0.5) is 0 Å². The first-order valence-corrected chi connectivity index (χ1v) is 6.15. The van der Waals surface area contributed by atoms with Gasteiger partial charge in [0.25, 0.3) is 0 Å². The second-order valence-electron chi connectivity index (χ2n) is 4.17. The fourth-order valence-corrected chi connectivity index (χ4v) is 1.80. The zero-order valence-electron chi connectivity index (χ0n) is 10.8. The molecule has 1 atom stereocenters. The van der Waals surface area contributed by atoms with E-state index < -0.39 is 0 Å². The number of para-hydroxylation sites is 1. The molecule has 1 N–H and O–H groups in total.